The lowest BCUT2D eigenvalue weighted by atomic mass is 10.1. The number of piperidine rings is 1. The van der Waals surface area contributed by atoms with Crippen LogP contribution >= 0.6 is 0 Å². The van der Waals surface area contributed by atoms with Gasteiger partial charge in [-0.2, -0.15) is 0 Å². The number of nitrogens with one attached hydrogen (secondary N) is 1. The molecule has 2 unspecified atom stereocenters. The lowest BCUT2D eigenvalue weighted by Gasteiger charge is -2.20. The van der Waals surface area contributed by atoms with Crippen molar-refractivity contribution in [1.29, 1.82) is 0 Å². The van der Waals surface area contributed by atoms with Gasteiger partial charge in [0.25, 0.3) is 0 Å². The average Bonchev–Trinajstić information content (AvgIpc) is 2.59. The van der Waals surface area contributed by atoms with Crippen molar-refractivity contribution in [1.82, 2.24) is 10.2 Å². The maximum atomic E-state index is 12.2. The topological polar surface area (TPSA) is 32.3 Å². The first-order valence-electron chi connectivity index (χ1n) is 5.39. The summed E-state index contributed by atoms with van der Waals surface area (Å²) in [6, 6.07) is 0. The van der Waals surface area contributed by atoms with Crippen molar-refractivity contribution < 1.29 is 4.79 Å². The summed E-state index contributed by atoms with van der Waals surface area (Å²) in [6.45, 7) is 7.58. The van der Waals surface area contributed by atoms with Gasteiger partial charge in [0.05, 0.1) is 5.41 Å². The van der Waals surface area contributed by atoms with E-state index in [2.05, 4.69) is 11.9 Å². The van der Waals surface area contributed by atoms with Crippen LogP contribution in [0, 0.1) is 11.3 Å². The molecule has 2 heterocycles. The van der Waals surface area contributed by atoms with Crippen LogP contribution in [0.1, 0.15) is 12.8 Å². The fourth-order valence-corrected chi connectivity index (χ4v) is 2.88. The highest BCUT2D eigenvalue weighted by Gasteiger charge is 2.63. The lowest BCUT2D eigenvalue weighted by Crippen LogP contribution is -2.38. The Bertz CT molecular complexity index is 312. The van der Waals surface area contributed by atoms with E-state index in [1.54, 1.807) is 0 Å². The van der Waals surface area contributed by atoms with E-state index in [0.29, 0.717) is 11.8 Å². The summed E-state index contributed by atoms with van der Waals surface area (Å²) in [7, 11) is 0. The molecule has 0 radical (unpaired) electrons. The minimum absolute atomic E-state index is 0.00458. The van der Waals surface area contributed by atoms with Crippen molar-refractivity contribution in [3.8, 4) is 0 Å². The highest BCUT2D eigenvalue weighted by Crippen LogP contribution is 2.56. The van der Waals surface area contributed by atoms with Crippen LogP contribution in [0.15, 0.2) is 12.2 Å². The van der Waals surface area contributed by atoms with E-state index >= 15 is 0 Å². The minimum atomic E-state index is 0.00458. The zero-order chi connectivity index (χ0) is 9.76. The Morgan fingerprint density at radius 2 is 2.50 bits per heavy atom. The van der Waals surface area contributed by atoms with Gasteiger partial charge in [-0.05, 0) is 25.3 Å². The Labute approximate surface area is 84.2 Å². The van der Waals surface area contributed by atoms with Gasteiger partial charge in [0.2, 0.25) is 5.91 Å². The molecule has 76 valence electrons. The second-order valence-electron chi connectivity index (χ2n) is 4.91. The second kappa shape index (κ2) is 2.60. The Morgan fingerprint density at radius 3 is 3.00 bits per heavy atom. The number of carbonyl (C=O) groups excluding carboxylic acids is 1. The van der Waals surface area contributed by atoms with E-state index in [1.807, 2.05) is 4.90 Å². The molecule has 2 aliphatic heterocycles. The lowest BCUT2D eigenvalue weighted by molar-refractivity contribution is -0.135. The normalized spacial score (nSPS) is 40.1. The van der Waals surface area contributed by atoms with E-state index in [9.17, 15) is 4.79 Å². The molecule has 0 aromatic carbocycles. The van der Waals surface area contributed by atoms with E-state index < -0.39 is 0 Å². The molecule has 0 bridgehead atoms. The predicted octanol–water partition coefficient (Wildman–Crippen LogP) is 0.384. The van der Waals surface area contributed by atoms with E-state index in [-0.39, 0.29) is 5.41 Å². The largest absolute Gasteiger partial charge is 0.338 e. The van der Waals surface area contributed by atoms with Gasteiger partial charge in [0, 0.05) is 19.6 Å². The Morgan fingerprint density at radius 1 is 1.64 bits per heavy atom. The summed E-state index contributed by atoms with van der Waals surface area (Å²) in [5.41, 5.74) is 1.21. The number of hydrogen-bond acceptors (Lipinski definition) is 2. The summed E-state index contributed by atoms with van der Waals surface area (Å²) in [4.78, 5) is 14.2. The number of amides is 1. The number of carbonyl (C=O) groups is 1. The Kier molecular flexibility index (Phi) is 1.57. The summed E-state index contributed by atoms with van der Waals surface area (Å²) < 4.78 is 0. The first-order valence-corrected chi connectivity index (χ1v) is 5.39. The predicted molar refractivity (Wildman–Crippen MR) is 53.7 cm³/mol. The summed E-state index contributed by atoms with van der Waals surface area (Å²) in [5.74, 6) is 1.01. The molecule has 3 fully saturated rings. The molecule has 0 aromatic heterocycles. The SMILES string of the molecule is C=C1CCN(C(=O)C23CNCC2C3)C1. The van der Waals surface area contributed by atoms with Crippen molar-refractivity contribution in [2.75, 3.05) is 26.2 Å². The molecule has 3 nitrogen and oxygen atoms in total. The molecule has 2 atom stereocenters. The minimum Gasteiger partial charge on any atom is -0.338 e. The summed E-state index contributed by atoms with van der Waals surface area (Å²) in [5, 5.41) is 3.31. The zero-order valence-corrected chi connectivity index (χ0v) is 8.38. The fourth-order valence-electron chi connectivity index (χ4n) is 2.88. The van der Waals surface area contributed by atoms with Crippen molar-refractivity contribution >= 4 is 5.91 Å². The summed E-state index contributed by atoms with van der Waals surface area (Å²) >= 11 is 0. The van der Waals surface area contributed by atoms with Crippen LogP contribution in [0.3, 0.4) is 0 Å². The summed E-state index contributed by atoms with van der Waals surface area (Å²) in [6.07, 6.45) is 2.11. The number of hydrogen-bond donors (Lipinski definition) is 1. The highest BCUT2D eigenvalue weighted by atomic mass is 16.2. The van der Waals surface area contributed by atoms with Gasteiger partial charge in [-0.1, -0.05) is 12.2 Å². The maximum absolute atomic E-state index is 12.2. The average molecular weight is 192 g/mol. The zero-order valence-electron chi connectivity index (χ0n) is 8.38. The van der Waals surface area contributed by atoms with Gasteiger partial charge in [-0.3, -0.25) is 4.79 Å². The molecule has 1 amide bonds. The molecule has 1 N–H and O–H groups in total. The third-order valence-corrected chi connectivity index (χ3v) is 3.93. The van der Waals surface area contributed by atoms with Crippen LogP contribution in [0.5, 0.6) is 0 Å². The molecule has 1 aliphatic carbocycles. The van der Waals surface area contributed by atoms with Crippen LogP contribution < -0.4 is 5.32 Å². The molecule has 2 saturated heterocycles. The van der Waals surface area contributed by atoms with Crippen LogP contribution in [0.2, 0.25) is 0 Å². The molecule has 3 aliphatic rings. The maximum Gasteiger partial charge on any atom is 0.230 e. The molecular weight excluding hydrogens is 176 g/mol. The molecule has 1 saturated carbocycles. The van der Waals surface area contributed by atoms with E-state index in [4.69, 9.17) is 0 Å². The van der Waals surface area contributed by atoms with Gasteiger partial charge in [0.1, 0.15) is 0 Å². The Hall–Kier alpha value is -0.830. The third kappa shape index (κ3) is 0.989. The van der Waals surface area contributed by atoms with Crippen LogP contribution in [-0.4, -0.2) is 37.0 Å². The quantitative estimate of drug-likeness (QED) is 0.609. The van der Waals surface area contributed by atoms with Crippen molar-refractivity contribution in [3.63, 3.8) is 0 Å². The number of rotatable bonds is 1. The van der Waals surface area contributed by atoms with Gasteiger partial charge in [-0.15, -0.1) is 0 Å². The third-order valence-electron chi connectivity index (χ3n) is 3.93. The van der Waals surface area contributed by atoms with E-state index in [0.717, 1.165) is 39.0 Å². The second-order valence-corrected chi connectivity index (χ2v) is 4.91. The van der Waals surface area contributed by atoms with Gasteiger partial charge < -0.3 is 10.2 Å². The molecule has 0 aromatic rings. The van der Waals surface area contributed by atoms with Crippen molar-refractivity contribution in [2.24, 2.45) is 11.3 Å². The smallest absolute Gasteiger partial charge is 0.230 e. The molecule has 3 heteroatoms. The number of fused-ring (bicyclic) bond motifs is 1. The van der Waals surface area contributed by atoms with E-state index in [1.165, 1.54) is 5.57 Å². The van der Waals surface area contributed by atoms with Crippen LogP contribution in [0.25, 0.3) is 0 Å². The van der Waals surface area contributed by atoms with Gasteiger partial charge >= 0.3 is 0 Å². The van der Waals surface area contributed by atoms with Gasteiger partial charge in [0.15, 0.2) is 0 Å². The first kappa shape index (κ1) is 8.48. The Balaban J connectivity index is 1.74. The molecule has 3 rings (SSSR count). The number of nitrogens with zero attached hydrogens (tertiary/aromatic N) is 1. The molecular formula is C11H16N2O. The van der Waals surface area contributed by atoms with Crippen LogP contribution in [0.4, 0.5) is 0 Å². The van der Waals surface area contributed by atoms with Gasteiger partial charge in [-0.25, -0.2) is 0 Å². The fraction of sp³-hybridized carbons (Fsp3) is 0.727. The molecule has 14 heavy (non-hydrogen) atoms. The number of likely N-dealkylation sites (tertiary alicyclic amines) is 1. The highest BCUT2D eigenvalue weighted by molar-refractivity contribution is 5.87. The van der Waals surface area contributed by atoms with Crippen LogP contribution in [-0.2, 0) is 4.79 Å². The molecule has 0 spiro atoms. The monoisotopic (exact) mass is 192 g/mol. The standard InChI is InChI=1S/C11H16N2O/c1-8-2-3-13(6-8)10(14)11-4-9(11)5-12-7-11/h9,12H,1-7H2. The first-order chi connectivity index (χ1) is 6.72. The van der Waals surface area contributed by atoms with Crippen molar-refractivity contribution in [2.45, 2.75) is 12.8 Å². The van der Waals surface area contributed by atoms with Crippen molar-refractivity contribution in [3.05, 3.63) is 12.2 Å².